The zero-order valence-corrected chi connectivity index (χ0v) is 16.4. The average molecular weight is 418 g/mol. The molecule has 6 nitrogen and oxygen atoms in total. The number of carbonyl (C=O) groups is 2. The fourth-order valence-corrected chi connectivity index (χ4v) is 3.67. The number of likely N-dealkylation sites (N-methyl/N-ethyl adjacent to an activating group) is 1. The number of nitrogens with one attached hydrogen (secondary N) is 1. The number of nitrogens with zero attached hydrogens (tertiary/aromatic N) is 3. The van der Waals surface area contributed by atoms with E-state index in [0.717, 1.165) is 44.0 Å². The second-order valence-corrected chi connectivity index (χ2v) is 7.50. The summed E-state index contributed by atoms with van der Waals surface area (Å²) in [6.07, 6.45) is -4.47. The van der Waals surface area contributed by atoms with E-state index in [0.29, 0.717) is 11.3 Å². The third-order valence-electron chi connectivity index (χ3n) is 5.43. The Morgan fingerprint density at radius 1 is 0.900 bits per heavy atom. The second kappa shape index (κ2) is 7.64. The summed E-state index contributed by atoms with van der Waals surface area (Å²) in [6, 6.07) is 9.51. The van der Waals surface area contributed by atoms with Crippen LogP contribution in [-0.2, 0) is 11.0 Å². The molecule has 0 aliphatic carbocycles. The smallest absolute Gasteiger partial charge is 0.369 e. The minimum atomic E-state index is -4.47. The van der Waals surface area contributed by atoms with E-state index in [-0.39, 0.29) is 12.2 Å². The highest BCUT2D eigenvalue weighted by molar-refractivity contribution is 6.17. The van der Waals surface area contributed by atoms with Gasteiger partial charge in [0.2, 0.25) is 5.91 Å². The van der Waals surface area contributed by atoms with E-state index in [1.807, 2.05) is 6.07 Å². The highest BCUT2D eigenvalue weighted by atomic mass is 19.4. The Labute approximate surface area is 171 Å². The molecule has 1 saturated heterocycles. The lowest BCUT2D eigenvalue weighted by atomic mass is 10.1. The Morgan fingerprint density at radius 3 is 2.17 bits per heavy atom. The number of amides is 2. The number of hydrogen-bond donors (Lipinski definition) is 1. The monoisotopic (exact) mass is 418 g/mol. The zero-order chi connectivity index (χ0) is 21.5. The van der Waals surface area contributed by atoms with Crippen LogP contribution < -0.4 is 15.1 Å². The van der Waals surface area contributed by atoms with Crippen molar-refractivity contribution in [2.75, 3.05) is 54.9 Å². The topological polar surface area (TPSA) is 55.9 Å². The van der Waals surface area contributed by atoms with Crippen LogP contribution in [0.15, 0.2) is 42.5 Å². The van der Waals surface area contributed by atoms with Gasteiger partial charge >= 0.3 is 6.18 Å². The maximum absolute atomic E-state index is 13.1. The molecule has 2 heterocycles. The van der Waals surface area contributed by atoms with Crippen molar-refractivity contribution in [2.45, 2.75) is 6.18 Å². The van der Waals surface area contributed by atoms with Gasteiger partial charge in [-0.2, -0.15) is 13.2 Å². The van der Waals surface area contributed by atoms with Gasteiger partial charge in [-0.1, -0.05) is 0 Å². The lowest BCUT2D eigenvalue weighted by Gasteiger charge is -2.34. The van der Waals surface area contributed by atoms with Crippen LogP contribution in [0.2, 0.25) is 0 Å². The van der Waals surface area contributed by atoms with Gasteiger partial charge in [-0.15, -0.1) is 0 Å². The number of halogens is 3. The van der Waals surface area contributed by atoms with E-state index in [1.165, 1.54) is 17.0 Å². The van der Waals surface area contributed by atoms with Gasteiger partial charge in [-0.05, 0) is 49.5 Å². The van der Waals surface area contributed by atoms with Crippen molar-refractivity contribution in [3.8, 4) is 0 Å². The molecular formula is C21H21F3N4O2. The Kier molecular flexibility index (Phi) is 5.15. The van der Waals surface area contributed by atoms with Gasteiger partial charge in [-0.3, -0.25) is 14.5 Å². The fraction of sp³-hybridized carbons (Fsp3) is 0.333. The van der Waals surface area contributed by atoms with Crippen LogP contribution in [0.25, 0.3) is 0 Å². The number of alkyl halides is 3. The van der Waals surface area contributed by atoms with Crippen LogP contribution in [0, 0.1) is 0 Å². The highest BCUT2D eigenvalue weighted by Crippen LogP contribution is 2.32. The summed E-state index contributed by atoms with van der Waals surface area (Å²) >= 11 is 0. The van der Waals surface area contributed by atoms with Gasteiger partial charge in [0.05, 0.1) is 16.8 Å². The molecular weight excluding hydrogens is 397 g/mol. The van der Waals surface area contributed by atoms with Gasteiger partial charge < -0.3 is 15.1 Å². The van der Waals surface area contributed by atoms with Gasteiger partial charge in [0.15, 0.2) is 0 Å². The van der Waals surface area contributed by atoms with Gasteiger partial charge in [-0.25, -0.2) is 0 Å². The summed E-state index contributed by atoms with van der Waals surface area (Å²) in [7, 11) is 2.06. The molecule has 0 saturated carbocycles. The Bertz CT molecular complexity index is 967. The molecule has 0 spiro atoms. The van der Waals surface area contributed by atoms with E-state index in [1.54, 1.807) is 12.1 Å². The summed E-state index contributed by atoms with van der Waals surface area (Å²) in [5.74, 6) is -0.842. The summed E-state index contributed by atoms with van der Waals surface area (Å²) < 4.78 is 38.5. The van der Waals surface area contributed by atoms with Crippen LogP contribution in [0.4, 0.5) is 30.2 Å². The van der Waals surface area contributed by atoms with Crippen LogP contribution in [0.3, 0.4) is 0 Å². The van der Waals surface area contributed by atoms with Crippen molar-refractivity contribution in [2.24, 2.45) is 0 Å². The van der Waals surface area contributed by atoms with Crippen LogP contribution in [0.1, 0.15) is 15.9 Å². The maximum Gasteiger partial charge on any atom is 0.416 e. The summed E-state index contributed by atoms with van der Waals surface area (Å²) in [5.41, 5.74) is 1.06. The van der Waals surface area contributed by atoms with E-state index >= 15 is 0 Å². The van der Waals surface area contributed by atoms with E-state index in [9.17, 15) is 22.8 Å². The number of carbonyl (C=O) groups excluding carboxylic acids is 2. The first-order chi connectivity index (χ1) is 14.2. The van der Waals surface area contributed by atoms with Crippen molar-refractivity contribution in [3.05, 3.63) is 53.6 Å². The van der Waals surface area contributed by atoms with Crippen LogP contribution >= 0.6 is 0 Å². The number of hydrogen-bond acceptors (Lipinski definition) is 4. The molecule has 2 aromatic rings. The van der Waals surface area contributed by atoms with Gasteiger partial charge in [0.1, 0.15) is 6.54 Å². The van der Waals surface area contributed by atoms with Gasteiger partial charge in [0.25, 0.3) is 5.91 Å². The molecule has 1 fully saturated rings. The summed E-state index contributed by atoms with van der Waals surface area (Å²) in [4.78, 5) is 31.1. The lowest BCUT2D eigenvalue weighted by Crippen LogP contribution is -2.44. The normalized spacial score (nSPS) is 18.1. The molecule has 2 aliphatic rings. The molecule has 0 aromatic heterocycles. The third-order valence-corrected chi connectivity index (χ3v) is 5.43. The largest absolute Gasteiger partial charge is 0.416 e. The minimum absolute atomic E-state index is 0.235. The number of rotatable bonds is 2. The van der Waals surface area contributed by atoms with Crippen molar-refractivity contribution in [1.82, 2.24) is 4.90 Å². The molecule has 2 aliphatic heterocycles. The second-order valence-electron chi connectivity index (χ2n) is 7.50. The SMILES string of the molecule is CN1CCN(c2ccc3c(c2)NC(=O)CN(c2ccc(C(F)(F)F)cc2)C3=O)CC1. The first-order valence-corrected chi connectivity index (χ1v) is 9.59. The van der Waals surface area contributed by atoms with E-state index < -0.39 is 23.6 Å². The molecule has 1 N–H and O–H groups in total. The molecule has 0 bridgehead atoms. The first-order valence-electron chi connectivity index (χ1n) is 9.59. The molecule has 158 valence electrons. The molecule has 9 heteroatoms. The third kappa shape index (κ3) is 3.97. The fourth-order valence-electron chi connectivity index (χ4n) is 3.67. The molecule has 2 amide bonds. The molecule has 2 aromatic carbocycles. The van der Waals surface area contributed by atoms with Gasteiger partial charge in [0, 0.05) is 37.6 Å². The maximum atomic E-state index is 13.1. The van der Waals surface area contributed by atoms with E-state index in [4.69, 9.17) is 0 Å². The van der Waals surface area contributed by atoms with Crippen molar-refractivity contribution < 1.29 is 22.8 Å². The first kappa shape index (κ1) is 20.2. The predicted molar refractivity (Wildman–Crippen MR) is 108 cm³/mol. The quantitative estimate of drug-likeness (QED) is 0.815. The number of piperazine rings is 1. The number of fused-ring (bicyclic) bond motifs is 1. The summed E-state index contributed by atoms with van der Waals surface area (Å²) in [5, 5.41) is 2.76. The summed E-state index contributed by atoms with van der Waals surface area (Å²) in [6.45, 7) is 3.25. The lowest BCUT2D eigenvalue weighted by molar-refractivity contribution is -0.137. The van der Waals surface area contributed by atoms with Crippen LogP contribution in [-0.4, -0.2) is 56.5 Å². The number of benzene rings is 2. The standard InChI is InChI=1S/C21H21F3N4O2/c1-26-8-10-27(11-9-26)16-6-7-17-18(12-16)25-19(29)13-28(20(17)30)15-4-2-14(3-5-15)21(22,23)24/h2-7,12H,8-11,13H2,1H3,(H,25,29). The highest BCUT2D eigenvalue weighted by Gasteiger charge is 2.32. The van der Waals surface area contributed by atoms with Crippen molar-refractivity contribution in [3.63, 3.8) is 0 Å². The Morgan fingerprint density at radius 2 is 1.53 bits per heavy atom. The zero-order valence-electron chi connectivity index (χ0n) is 16.4. The van der Waals surface area contributed by atoms with Crippen molar-refractivity contribution in [1.29, 1.82) is 0 Å². The molecule has 30 heavy (non-hydrogen) atoms. The average Bonchev–Trinajstić information content (AvgIpc) is 2.83. The minimum Gasteiger partial charge on any atom is -0.369 e. The van der Waals surface area contributed by atoms with E-state index in [2.05, 4.69) is 22.2 Å². The Balaban J connectivity index is 1.62. The Hall–Kier alpha value is -3.07. The molecule has 0 radical (unpaired) electrons. The van der Waals surface area contributed by atoms with Crippen LogP contribution in [0.5, 0.6) is 0 Å². The van der Waals surface area contributed by atoms with Crippen molar-refractivity contribution >= 4 is 28.9 Å². The number of anilines is 3. The molecule has 0 unspecified atom stereocenters. The molecule has 0 atom stereocenters. The predicted octanol–water partition coefficient (Wildman–Crippen LogP) is 3.06. The molecule has 4 rings (SSSR count).